The van der Waals surface area contributed by atoms with Gasteiger partial charge in [0, 0.05) is 26.0 Å². The molecule has 0 spiro atoms. The van der Waals surface area contributed by atoms with Crippen LogP contribution in [0.5, 0.6) is 0 Å². The highest BCUT2D eigenvalue weighted by Crippen LogP contribution is 2.14. The predicted molar refractivity (Wildman–Crippen MR) is 77.1 cm³/mol. The summed E-state index contributed by atoms with van der Waals surface area (Å²) in [5.74, 6) is 1.06. The van der Waals surface area contributed by atoms with Gasteiger partial charge in [-0.2, -0.15) is 0 Å². The molecule has 1 aromatic heterocycles. The molecule has 0 aliphatic carbocycles. The average molecular weight is 264 g/mol. The van der Waals surface area contributed by atoms with Gasteiger partial charge in [-0.1, -0.05) is 27.7 Å². The predicted octanol–water partition coefficient (Wildman–Crippen LogP) is 2.12. The van der Waals surface area contributed by atoms with Gasteiger partial charge in [0.15, 0.2) is 0 Å². The van der Waals surface area contributed by atoms with Crippen LogP contribution in [0, 0.1) is 5.92 Å². The van der Waals surface area contributed by atoms with Gasteiger partial charge in [-0.25, -0.2) is 9.97 Å². The van der Waals surface area contributed by atoms with Crippen molar-refractivity contribution in [3.63, 3.8) is 0 Å². The van der Waals surface area contributed by atoms with E-state index < -0.39 is 0 Å². The summed E-state index contributed by atoms with van der Waals surface area (Å²) in [5, 5.41) is 3.14. The second-order valence-electron chi connectivity index (χ2n) is 5.56. The largest absolute Gasteiger partial charge is 0.347 e. The van der Waals surface area contributed by atoms with Crippen LogP contribution in [0.2, 0.25) is 0 Å². The number of hydrogen-bond donors (Lipinski definition) is 1. The highest BCUT2D eigenvalue weighted by Gasteiger charge is 2.24. The molecule has 0 bridgehead atoms. The maximum absolute atomic E-state index is 12.1. The molecule has 0 saturated carbocycles. The quantitative estimate of drug-likeness (QED) is 0.885. The first kappa shape index (κ1) is 15.4. The Hall–Kier alpha value is -1.65. The minimum Gasteiger partial charge on any atom is -0.347 e. The van der Waals surface area contributed by atoms with Crippen molar-refractivity contribution in [3.05, 3.63) is 18.0 Å². The number of aromatic nitrogens is 2. The Morgan fingerprint density at radius 3 is 2.37 bits per heavy atom. The van der Waals surface area contributed by atoms with Crippen LogP contribution < -0.4 is 5.32 Å². The summed E-state index contributed by atoms with van der Waals surface area (Å²) >= 11 is 0. The lowest BCUT2D eigenvalue weighted by Gasteiger charge is -2.24. The number of carbonyl (C=O) groups excluding carboxylic acids is 1. The summed E-state index contributed by atoms with van der Waals surface area (Å²) in [6.07, 6.45) is 1.72. The number of anilines is 1. The third kappa shape index (κ3) is 4.19. The molecule has 5 heteroatoms. The van der Waals surface area contributed by atoms with Crippen LogP contribution in [0.15, 0.2) is 12.3 Å². The van der Waals surface area contributed by atoms with Crippen molar-refractivity contribution in [2.45, 2.75) is 39.7 Å². The normalized spacial score (nSPS) is 12.6. The lowest BCUT2D eigenvalue weighted by molar-refractivity contribution is -0.130. The van der Waals surface area contributed by atoms with Crippen molar-refractivity contribution in [2.24, 2.45) is 5.92 Å². The van der Waals surface area contributed by atoms with Crippen LogP contribution in [0.25, 0.3) is 0 Å². The van der Waals surface area contributed by atoms with Gasteiger partial charge in [0.05, 0.1) is 0 Å². The number of hydrogen-bond acceptors (Lipinski definition) is 4. The topological polar surface area (TPSA) is 58.1 Å². The van der Waals surface area contributed by atoms with Crippen molar-refractivity contribution in [1.29, 1.82) is 0 Å². The van der Waals surface area contributed by atoms with E-state index in [1.54, 1.807) is 25.2 Å². The van der Waals surface area contributed by atoms with Gasteiger partial charge in [0.1, 0.15) is 6.04 Å². The van der Waals surface area contributed by atoms with Gasteiger partial charge in [-0.3, -0.25) is 4.79 Å². The molecule has 0 radical (unpaired) electrons. The van der Waals surface area contributed by atoms with E-state index in [2.05, 4.69) is 29.1 Å². The van der Waals surface area contributed by atoms with Gasteiger partial charge in [0.25, 0.3) is 0 Å². The Balaban J connectivity index is 2.91. The molecule has 0 fully saturated rings. The third-order valence-corrected chi connectivity index (χ3v) is 2.93. The summed E-state index contributed by atoms with van der Waals surface area (Å²) < 4.78 is 0. The lowest BCUT2D eigenvalue weighted by atomic mass is 10.0. The number of likely N-dealkylation sites (N-methyl/N-ethyl adjacent to an activating group) is 1. The fourth-order valence-corrected chi connectivity index (χ4v) is 1.69. The number of rotatable bonds is 5. The molecule has 19 heavy (non-hydrogen) atoms. The molecule has 106 valence electrons. The number of nitrogens with one attached hydrogen (secondary N) is 1. The van der Waals surface area contributed by atoms with E-state index in [1.165, 1.54) is 0 Å². The van der Waals surface area contributed by atoms with Crippen molar-refractivity contribution >= 4 is 11.9 Å². The SMILES string of the molecule is CC(C)c1ccnc(N[C@H](C(=O)N(C)C)C(C)C)n1. The van der Waals surface area contributed by atoms with Crippen molar-refractivity contribution in [2.75, 3.05) is 19.4 Å². The Morgan fingerprint density at radius 1 is 1.26 bits per heavy atom. The van der Waals surface area contributed by atoms with E-state index >= 15 is 0 Å². The molecule has 1 amide bonds. The van der Waals surface area contributed by atoms with Gasteiger partial charge >= 0.3 is 0 Å². The van der Waals surface area contributed by atoms with E-state index in [9.17, 15) is 4.79 Å². The first-order valence-electron chi connectivity index (χ1n) is 6.63. The highest BCUT2D eigenvalue weighted by atomic mass is 16.2. The number of carbonyl (C=O) groups is 1. The minimum atomic E-state index is -0.308. The lowest BCUT2D eigenvalue weighted by Crippen LogP contribution is -2.42. The van der Waals surface area contributed by atoms with Crippen molar-refractivity contribution < 1.29 is 4.79 Å². The monoisotopic (exact) mass is 264 g/mol. The van der Waals surface area contributed by atoms with Gasteiger partial charge in [0.2, 0.25) is 11.9 Å². The third-order valence-electron chi connectivity index (χ3n) is 2.93. The molecule has 0 aliphatic heterocycles. The Kier molecular flexibility index (Phi) is 5.27. The van der Waals surface area contributed by atoms with Gasteiger partial charge < -0.3 is 10.2 Å². The van der Waals surface area contributed by atoms with Crippen molar-refractivity contribution in [3.8, 4) is 0 Å². The molecule has 1 rings (SSSR count). The Labute approximate surface area is 115 Å². The summed E-state index contributed by atoms with van der Waals surface area (Å²) in [7, 11) is 3.51. The molecule has 1 heterocycles. The first-order chi connectivity index (χ1) is 8.82. The van der Waals surface area contributed by atoms with E-state index in [0.29, 0.717) is 11.9 Å². The van der Waals surface area contributed by atoms with Crippen LogP contribution in [-0.2, 0) is 4.79 Å². The smallest absolute Gasteiger partial charge is 0.244 e. The zero-order valence-corrected chi connectivity index (χ0v) is 12.6. The fourth-order valence-electron chi connectivity index (χ4n) is 1.69. The Bertz CT molecular complexity index is 429. The molecule has 1 aromatic rings. The van der Waals surface area contributed by atoms with Crippen LogP contribution in [0.1, 0.15) is 39.3 Å². The van der Waals surface area contributed by atoms with Gasteiger partial charge in [-0.05, 0) is 17.9 Å². The maximum atomic E-state index is 12.1. The average Bonchev–Trinajstić information content (AvgIpc) is 2.35. The van der Waals surface area contributed by atoms with E-state index in [-0.39, 0.29) is 17.9 Å². The van der Waals surface area contributed by atoms with E-state index in [0.717, 1.165) is 5.69 Å². The van der Waals surface area contributed by atoms with Crippen molar-refractivity contribution in [1.82, 2.24) is 14.9 Å². The molecule has 5 nitrogen and oxygen atoms in total. The fraction of sp³-hybridized carbons (Fsp3) is 0.643. The molecule has 1 N–H and O–H groups in total. The molecule has 1 atom stereocenters. The zero-order chi connectivity index (χ0) is 14.6. The summed E-state index contributed by atoms with van der Waals surface area (Å²) in [5.41, 5.74) is 0.970. The van der Waals surface area contributed by atoms with Crippen LogP contribution in [-0.4, -0.2) is 40.9 Å². The molecule has 0 aliphatic rings. The molecular weight excluding hydrogens is 240 g/mol. The highest BCUT2D eigenvalue weighted by molar-refractivity contribution is 5.84. The number of nitrogens with zero attached hydrogens (tertiary/aromatic N) is 3. The standard InChI is InChI=1S/C14H24N4O/c1-9(2)11-7-8-15-14(16-11)17-12(10(3)4)13(19)18(5)6/h7-10,12H,1-6H3,(H,15,16,17)/t12-/m0/s1. The minimum absolute atomic E-state index is 0.0357. The van der Waals surface area contributed by atoms with E-state index in [1.807, 2.05) is 19.9 Å². The summed E-state index contributed by atoms with van der Waals surface area (Å²) in [6.45, 7) is 8.17. The summed E-state index contributed by atoms with van der Waals surface area (Å²) in [6, 6.07) is 1.59. The van der Waals surface area contributed by atoms with Crippen LogP contribution in [0.4, 0.5) is 5.95 Å². The molecule has 0 saturated heterocycles. The Morgan fingerprint density at radius 2 is 1.89 bits per heavy atom. The first-order valence-corrected chi connectivity index (χ1v) is 6.63. The van der Waals surface area contributed by atoms with Crippen LogP contribution in [0.3, 0.4) is 0 Å². The molecule has 0 unspecified atom stereocenters. The number of amides is 1. The summed E-state index contributed by atoms with van der Waals surface area (Å²) in [4.78, 5) is 22.3. The molecular formula is C14H24N4O. The van der Waals surface area contributed by atoms with Crippen LogP contribution >= 0.6 is 0 Å². The zero-order valence-electron chi connectivity index (χ0n) is 12.6. The van der Waals surface area contributed by atoms with Gasteiger partial charge in [-0.15, -0.1) is 0 Å². The maximum Gasteiger partial charge on any atom is 0.244 e. The second kappa shape index (κ2) is 6.50. The molecule has 0 aromatic carbocycles. The van der Waals surface area contributed by atoms with E-state index in [4.69, 9.17) is 0 Å². The second-order valence-corrected chi connectivity index (χ2v) is 5.56.